The normalized spacial score (nSPS) is 18.2. The molecule has 0 atom stereocenters. The number of carbonyl (C=O) groups is 2. The Bertz CT molecular complexity index is 1240. The van der Waals surface area contributed by atoms with Gasteiger partial charge < -0.3 is 5.11 Å². The molecule has 0 unspecified atom stereocenters. The Morgan fingerprint density at radius 2 is 1.97 bits per heavy atom. The van der Waals surface area contributed by atoms with Crippen molar-refractivity contribution in [2.45, 2.75) is 33.6 Å². The number of carboxylic acids is 1. The average Bonchev–Trinajstić information content (AvgIpc) is 3.56. The maximum atomic E-state index is 14.4. The molecule has 2 aliphatic rings. The molecule has 2 aromatic carbocycles. The molecule has 4 rings (SSSR count). The highest BCUT2D eigenvalue weighted by Crippen LogP contribution is 2.46. The summed E-state index contributed by atoms with van der Waals surface area (Å²) < 4.78 is 14.4. The largest absolute Gasteiger partial charge is 0.478 e. The smallest absolute Gasteiger partial charge is 0.338 e. The van der Waals surface area contributed by atoms with Gasteiger partial charge in [-0.25, -0.2) is 9.18 Å². The molecule has 6 heteroatoms. The molecule has 164 valence electrons. The number of rotatable bonds is 5. The number of halogens is 2. The number of hydrogen-bond donors (Lipinski definition) is 1. The quantitative estimate of drug-likeness (QED) is 0.403. The summed E-state index contributed by atoms with van der Waals surface area (Å²) in [4.78, 5) is 26.3. The lowest BCUT2D eigenvalue weighted by Crippen LogP contribution is -2.21. The zero-order valence-electron chi connectivity index (χ0n) is 18.1. The number of anilines is 2. The molecule has 1 aliphatic heterocycles. The van der Waals surface area contributed by atoms with Gasteiger partial charge in [0.05, 0.1) is 22.5 Å². The van der Waals surface area contributed by atoms with Crippen molar-refractivity contribution in [3.05, 3.63) is 87.2 Å². The summed E-state index contributed by atoms with van der Waals surface area (Å²) in [7, 11) is 0. The van der Waals surface area contributed by atoms with Gasteiger partial charge in [0.1, 0.15) is 5.82 Å². The van der Waals surface area contributed by atoms with Crippen LogP contribution in [0.1, 0.15) is 48.2 Å². The van der Waals surface area contributed by atoms with Crippen molar-refractivity contribution in [1.29, 1.82) is 0 Å². The minimum Gasteiger partial charge on any atom is -0.478 e. The fourth-order valence-electron chi connectivity index (χ4n) is 4.14. The lowest BCUT2D eigenvalue weighted by molar-refractivity contribution is -0.112. The second kappa shape index (κ2) is 8.40. The van der Waals surface area contributed by atoms with Crippen molar-refractivity contribution in [2.24, 2.45) is 5.92 Å². The van der Waals surface area contributed by atoms with Crippen molar-refractivity contribution in [2.75, 3.05) is 4.90 Å². The van der Waals surface area contributed by atoms with E-state index in [0.717, 1.165) is 41.2 Å². The molecular formula is C26H23ClFNO3. The van der Waals surface area contributed by atoms with E-state index in [2.05, 4.69) is 0 Å². The van der Waals surface area contributed by atoms with E-state index < -0.39 is 17.3 Å². The summed E-state index contributed by atoms with van der Waals surface area (Å²) in [6.07, 6.45) is 5.87. The molecule has 1 fully saturated rings. The predicted molar refractivity (Wildman–Crippen MR) is 125 cm³/mol. The SMILES string of the molecule is C\C=C(Cl)/C(/C=C1\C(=O)N(c2ccc(C(=O)O)c(F)c2)c2cccc(C)c21)=C(\C)C1CC1. The third-order valence-corrected chi connectivity index (χ3v) is 6.47. The van der Waals surface area contributed by atoms with E-state index >= 15 is 0 Å². The van der Waals surface area contributed by atoms with Gasteiger partial charge in [0, 0.05) is 10.6 Å². The first-order chi connectivity index (χ1) is 15.2. The van der Waals surface area contributed by atoms with Crippen LogP contribution in [0, 0.1) is 18.7 Å². The lowest BCUT2D eigenvalue weighted by Gasteiger charge is -2.18. The molecular weight excluding hydrogens is 429 g/mol. The van der Waals surface area contributed by atoms with E-state index in [-0.39, 0.29) is 11.6 Å². The van der Waals surface area contributed by atoms with E-state index in [4.69, 9.17) is 16.7 Å². The maximum absolute atomic E-state index is 14.4. The van der Waals surface area contributed by atoms with Crippen molar-refractivity contribution in [1.82, 2.24) is 0 Å². The average molecular weight is 452 g/mol. The molecule has 1 aliphatic carbocycles. The number of benzene rings is 2. The van der Waals surface area contributed by atoms with Crippen LogP contribution >= 0.6 is 11.6 Å². The fraction of sp³-hybridized carbons (Fsp3) is 0.231. The first kappa shape index (κ1) is 22.0. The van der Waals surface area contributed by atoms with Crippen LogP contribution in [0.5, 0.6) is 0 Å². The number of nitrogens with zero attached hydrogens (tertiary/aromatic N) is 1. The molecule has 1 heterocycles. The maximum Gasteiger partial charge on any atom is 0.338 e. The number of carbonyl (C=O) groups excluding carboxylic acids is 1. The zero-order chi connectivity index (χ0) is 23.2. The molecule has 0 saturated heterocycles. The Hall–Kier alpha value is -3.18. The number of fused-ring (bicyclic) bond motifs is 1. The second-order valence-electron chi connectivity index (χ2n) is 8.14. The van der Waals surface area contributed by atoms with Gasteiger partial charge in [-0.2, -0.15) is 0 Å². The second-order valence-corrected chi connectivity index (χ2v) is 8.55. The van der Waals surface area contributed by atoms with Gasteiger partial charge in [-0.3, -0.25) is 9.69 Å². The van der Waals surface area contributed by atoms with Crippen molar-refractivity contribution >= 4 is 40.4 Å². The van der Waals surface area contributed by atoms with Crippen LogP contribution in [-0.4, -0.2) is 17.0 Å². The molecule has 0 spiro atoms. The van der Waals surface area contributed by atoms with Crippen molar-refractivity contribution in [3.63, 3.8) is 0 Å². The molecule has 1 saturated carbocycles. The van der Waals surface area contributed by atoms with Crippen LogP contribution in [-0.2, 0) is 4.79 Å². The summed E-state index contributed by atoms with van der Waals surface area (Å²) in [6, 6.07) is 9.28. The van der Waals surface area contributed by atoms with Crippen molar-refractivity contribution in [3.8, 4) is 0 Å². The number of aryl methyl sites for hydroxylation is 1. The third kappa shape index (κ3) is 3.78. The third-order valence-electron chi connectivity index (χ3n) is 6.05. The van der Waals surface area contributed by atoms with E-state index in [0.29, 0.717) is 22.2 Å². The summed E-state index contributed by atoms with van der Waals surface area (Å²) in [5.41, 5.74) is 4.61. The van der Waals surface area contributed by atoms with Crippen LogP contribution < -0.4 is 4.90 Å². The van der Waals surface area contributed by atoms with E-state index in [1.54, 1.807) is 6.07 Å². The van der Waals surface area contributed by atoms with E-state index in [1.807, 2.05) is 45.1 Å². The Morgan fingerprint density at radius 1 is 1.25 bits per heavy atom. The summed E-state index contributed by atoms with van der Waals surface area (Å²) in [5, 5.41) is 9.72. The van der Waals surface area contributed by atoms with Gasteiger partial charge in [-0.1, -0.05) is 35.4 Å². The van der Waals surface area contributed by atoms with Gasteiger partial charge >= 0.3 is 5.97 Å². The standard InChI is InChI=1S/C26H23ClFNO3/c1-4-21(27)19(15(3)16-8-9-16)13-20-24-14(2)6-5-7-23(24)29(25(20)30)17-10-11-18(26(31)32)22(28)12-17/h4-7,10-13,16H,8-9H2,1-3H3,(H,31,32)/b19-15+,20-13-,21-4+. The molecule has 2 aromatic rings. The highest BCUT2D eigenvalue weighted by molar-refractivity contribution is 6.37. The molecule has 0 radical (unpaired) electrons. The number of amides is 1. The zero-order valence-corrected chi connectivity index (χ0v) is 18.8. The van der Waals surface area contributed by atoms with Crippen LogP contribution in [0.2, 0.25) is 0 Å². The van der Waals surface area contributed by atoms with Gasteiger partial charge in [-0.15, -0.1) is 0 Å². The molecule has 1 N–H and O–H groups in total. The van der Waals surface area contributed by atoms with Crippen LogP contribution in [0.3, 0.4) is 0 Å². The number of carboxylic acid groups (broad SMARTS) is 1. The predicted octanol–water partition coefficient (Wildman–Crippen LogP) is 6.76. The fourth-order valence-corrected chi connectivity index (χ4v) is 4.34. The van der Waals surface area contributed by atoms with Gasteiger partial charge in [0.2, 0.25) is 0 Å². The van der Waals surface area contributed by atoms with E-state index in [9.17, 15) is 14.0 Å². The summed E-state index contributed by atoms with van der Waals surface area (Å²) >= 11 is 6.54. The minimum atomic E-state index is -1.36. The van der Waals surface area contributed by atoms with Crippen LogP contribution in [0.25, 0.3) is 5.57 Å². The highest BCUT2D eigenvalue weighted by atomic mass is 35.5. The Morgan fingerprint density at radius 3 is 2.56 bits per heavy atom. The van der Waals surface area contributed by atoms with E-state index in [1.165, 1.54) is 17.0 Å². The topological polar surface area (TPSA) is 57.6 Å². The van der Waals surface area contributed by atoms with Gasteiger partial charge in [0.25, 0.3) is 5.91 Å². The monoisotopic (exact) mass is 451 g/mol. The minimum absolute atomic E-state index is 0.273. The lowest BCUT2D eigenvalue weighted by atomic mass is 9.96. The highest BCUT2D eigenvalue weighted by Gasteiger charge is 2.36. The Kier molecular flexibility index (Phi) is 5.78. The molecule has 4 nitrogen and oxygen atoms in total. The molecule has 0 bridgehead atoms. The summed E-state index contributed by atoms with van der Waals surface area (Å²) in [6.45, 7) is 5.83. The van der Waals surface area contributed by atoms with Gasteiger partial charge in [0.15, 0.2) is 0 Å². The molecule has 0 aromatic heterocycles. The number of aromatic carboxylic acids is 1. The first-order valence-corrected chi connectivity index (χ1v) is 10.8. The van der Waals surface area contributed by atoms with Gasteiger partial charge in [-0.05, 0) is 81.0 Å². The summed E-state index contributed by atoms with van der Waals surface area (Å²) in [5.74, 6) is -2.09. The number of hydrogen-bond acceptors (Lipinski definition) is 2. The molecule has 1 amide bonds. The van der Waals surface area contributed by atoms with Crippen molar-refractivity contribution < 1.29 is 19.1 Å². The number of allylic oxidation sites excluding steroid dienone is 5. The first-order valence-electron chi connectivity index (χ1n) is 10.5. The molecule has 32 heavy (non-hydrogen) atoms. The van der Waals surface area contributed by atoms with Crippen LogP contribution in [0.15, 0.2) is 64.7 Å². The Balaban J connectivity index is 1.90. The Labute approximate surface area is 191 Å². The van der Waals surface area contributed by atoms with Crippen LogP contribution in [0.4, 0.5) is 15.8 Å².